The molecule has 3 heteroatoms. The summed E-state index contributed by atoms with van der Waals surface area (Å²) in [5.74, 6) is 0. The Hall–Kier alpha value is -0.410. The van der Waals surface area contributed by atoms with Gasteiger partial charge in [0.15, 0.2) is 0 Å². The Balaban J connectivity index is 1.92. The third-order valence-corrected chi connectivity index (χ3v) is 3.80. The fourth-order valence-corrected chi connectivity index (χ4v) is 2.57. The average Bonchev–Trinajstić information content (AvgIpc) is 2.58. The van der Waals surface area contributed by atoms with Crippen LogP contribution in [0.2, 0.25) is 0 Å². The van der Waals surface area contributed by atoms with Crippen LogP contribution < -0.4 is 0 Å². The van der Waals surface area contributed by atoms with E-state index < -0.39 is 0 Å². The van der Waals surface area contributed by atoms with Crippen LogP contribution in [0.25, 0.3) is 0 Å². The van der Waals surface area contributed by atoms with E-state index in [1.807, 2.05) is 0 Å². The van der Waals surface area contributed by atoms with Crippen molar-refractivity contribution in [1.82, 2.24) is 4.90 Å². The number of hydrogen-bond donors (Lipinski definition) is 0. The van der Waals surface area contributed by atoms with Gasteiger partial charge in [-0.25, -0.2) is 0 Å². The van der Waals surface area contributed by atoms with Crippen molar-refractivity contribution in [3.8, 4) is 0 Å². The van der Waals surface area contributed by atoms with Gasteiger partial charge in [0.05, 0.1) is 12.2 Å². The molecule has 3 nitrogen and oxygen atoms in total. The predicted molar refractivity (Wildman–Crippen MR) is 58.8 cm³/mol. The molecule has 0 amide bonds. The maximum atomic E-state index is 11.1. The third-order valence-electron chi connectivity index (χ3n) is 3.80. The van der Waals surface area contributed by atoms with E-state index in [0.717, 1.165) is 32.3 Å². The van der Waals surface area contributed by atoms with E-state index in [2.05, 4.69) is 18.7 Å². The van der Waals surface area contributed by atoms with Crippen molar-refractivity contribution in [2.24, 2.45) is 5.41 Å². The molecule has 2 saturated heterocycles. The zero-order chi connectivity index (χ0) is 10.9. The molecular formula is C12H21NO2. The van der Waals surface area contributed by atoms with Crippen molar-refractivity contribution in [3.63, 3.8) is 0 Å². The first-order valence-electron chi connectivity index (χ1n) is 5.99. The second-order valence-electron chi connectivity index (χ2n) is 5.28. The quantitative estimate of drug-likeness (QED) is 0.659. The molecule has 0 aromatic heterocycles. The lowest BCUT2D eigenvalue weighted by atomic mass is 9.88. The number of aldehydes is 1. The highest BCUT2D eigenvalue weighted by Crippen LogP contribution is 2.29. The van der Waals surface area contributed by atoms with Gasteiger partial charge >= 0.3 is 0 Å². The second-order valence-corrected chi connectivity index (χ2v) is 5.28. The number of nitrogens with zero attached hydrogens (tertiary/aromatic N) is 1. The molecule has 0 aromatic rings. The summed E-state index contributed by atoms with van der Waals surface area (Å²) in [5.41, 5.74) is -0.170. The van der Waals surface area contributed by atoms with Crippen LogP contribution in [0.15, 0.2) is 0 Å². The standard InChI is InChI=1S/C12H21NO2/c1-3-12(2,9-14)8-13-6-10-4-5-11(7-13)15-10/h9-11H,3-8H2,1-2H3. The van der Waals surface area contributed by atoms with Crippen molar-refractivity contribution in [2.45, 2.75) is 45.3 Å². The second kappa shape index (κ2) is 4.22. The molecular weight excluding hydrogens is 190 g/mol. The van der Waals surface area contributed by atoms with E-state index in [-0.39, 0.29) is 5.41 Å². The molecule has 86 valence electrons. The Morgan fingerprint density at radius 3 is 2.47 bits per heavy atom. The van der Waals surface area contributed by atoms with Crippen LogP contribution in [-0.2, 0) is 9.53 Å². The molecule has 0 spiro atoms. The number of ether oxygens (including phenoxy) is 1. The van der Waals surface area contributed by atoms with Gasteiger partial charge in [-0.2, -0.15) is 0 Å². The van der Waals surface area contributed by atoms with E-state index in [1.54, 1.807) is 0 Å². The molecule has 3 unspecified atom stereocenters. The van der Waals surface area contributed by atoms with Crippen molar-refractivity contribution in [1.29, 1.82) is 0 Å². The molecule has 0 aliphatic carbocycles. The lowest BCUT2D eigenvalue weighted by Crippen LogP contribution is -2.47. The summed E-state index contributed by atoms with van der Waals surface area (Å²) in [4.78, 5) is 13.5. The highest BCUT2D eigenvalue weighted by molar-refractivity contribution is 5.58. The van der Waals surface area contributed by atoms with Crippen LogP contribution in [-0.4, -0.2) is 43.0 Å². The fraction of sp³-hybridized carbons (Fsp3) is 0.917. The summed E-state index contributed by atoms with van der Waals surface area (Å²) in [6.07, 6.45) is 5.29. The summed E-state index contributed by atoms with van der Waals surface area (Å²) in [6, 6.07) is 0. The normalized spacial score (nSPS) is 35.1. The SMILES string of the molecule is CCC(C)(C=O)CN1CC2CCC(C1)O2. The maximum Gasteiger partial charge on any atom is 0.127 e. The van der Waals surface area contributed by atoms with Crippen molar-refractivity contribution >= 4 is 6.29 Å². The van der Waals surface area contributed by atoms with Crippen molar-refractivity contribution in [3.05, 3.63) is 0 Å². The van der Waals surface area contributed by atoms with Crippen LogP contribution in [0.1, 0.15) is 33.1 Å². The molecule has 2 rings (SSSR count). The smallest absolute Gasteiger partial charge is 0.127 e. The van der Waals surface area contributed by atoms with Gasteiger partial charge in [-0.3, -0.25) is 4.90 Å². The Morgan fingerprint density at radius 2 is 2.00 bits per heavy atom. The zero-order valence-electron chi connectivity index (χ0n) is 9.74. The molecule has 2 fully saturated rings. The van der Waals surface area contributed by atoms with Crippen molar-refractivity contribution < 1.29 is 9.53 Å². The third kappa shape index (κ3) is 2.40. The van der Waals surface area contributed by atoms with Crippen LogP contribution >= 0.6 is 0 Å². The van der Waals surface area contributed by atoms with Crippen molar-refractivity contribution in [2.75, 3.05) is 19.6 Å². The summed E-state index contributed by atoms with van der Waals surface area (Å²) in [5, 5.41) is 0. The van der Waals surface area contributed by atoms with E-state index in [0.29, 0.717) is 12.2 Å². The van der Waals surface area contributed by atoms with Crippen LogP contribution in [0.4, 0.5) is 0 Å². The molecule has 2 heterocycles. The maximum absolute atomic E-state index is 11.1. The zero-order valence-corrected chi connectivity index (χ0v) is 9.74. The number of likely N-dealkylation sites (tertiary alicyclic amines) is 1. The molecule has 2 aliphatic rings. The summed E-state index contributed by atoms with van der Waals surface area (Å²) in [7, 11) is 0. The lowest BCUT2D eigenvalue weighted by molar-refractivity contribution is -0.118. The van der Waals surface area contributed by atoms with Crippen LogP contribution in [0.3, 0.4) is 0 Å². The number of rotatable bonds is 4. The summed E-state index contributed by atoms with van der Waals surface area (Å²) in [6.45, 7) is 7.06. The van der Waals surface area contributed by atoms with Gasteiger partial charge in [-0.15, -0.1) is 0 Å². The first-order chi connectivity index (χ1) is 7.15. The number of carbonyl (C=O) groups excluding carboxylic acids is 1. The fourth-order valence-electron chi connectivity index (χ4n) is 2.57. The molecule has 0 saturated carbocycles. The molecule has 3 atom stereocenters. The molecule has 15 heavy (non-hydrogen) atoms. The topological polar surface area (TPSA) is 29.5 Å². The number of hydrogen-bond acceptors (Lipinski definition) is 3. The van der Waals surface area contributed by atoms with E-state index >= 15 is 0 Å². The first-order valence-corrected chi connectivity index (χ1v) is 5.99. The largest absolute Gasteiger partial charge is 0.372 e. The number of fused-ring (bicyclic) bond motifs is 2. The predicted octanol–water partition coefficient (Wildman–Crippen LogP) is 1.46. The van der Waals surface area contributed by atoms with Gasteiger partial charge in [0.1, 0.15) is 6.29 Å². The summed E-state index contributed by atoms with van der Waals surface area (Å²) < 4.78 is 5.78. The molecule has 2 aliphatic heterocycles. The lowest BCUT2D eigenvalue weighted by Gasteiger charge is -2.36. The average molecular weight is 211 g/mol. The van der Waals surface area contributed by atoms with Gasteiger partial charge < -0.3 is 9.53 Å². The summed E-state index contributed by atoms with van der Waals surface area (Å²) >= 11 is 0. The molecule has 2 bridgehead atoms. The molecule has 0 aromatic carbocycles. The van der Waals surface area contributed by atoms with Crippen LogP contribution in [0, 0.1) is 5.41 Å². The van der Waals surface area contributed by atoms with Gasteiger partial charge in [-0.05, 0) is 19.3 Å². The van der Waals surface area contributed by atoms with E-state index in [9.17, 15) is 4.79 Å². The highest BCUT2D eigenvalue weighted by Gasteiger charge is 2.36. The van der Waals surface area contributed by atoms with Gasteiger partial charge in [0.2, 0.25) is 0 Å². The number of carbonyl (C=O) groups is 1. The van der Waals surface area contributed by atoms with Gasteiger partial charge in [-0.1, -0.05) is 13.8 Å². The van der Waals surface area contributed by atoms with Crippen LogP contribution in [0.5, 0.6) is 0 Å². The number of morpholine rings is 1. The monoisotopic (exact) mass is 211 g/mol. The highest BCUT2D eigenvalue weighted by atomic mass is 16.5. The Bertz CT molecular complexity index is 232. The Kier molecular flexibility index (Phi) is 3.12. The Morgan fingerprint density at radius 1 is 1.40 bits per heavy atom. The minimum atomic E-state index is -0.170. The van der Waals surface area contributed by atoms with E-state index in [1.165, 1.54) is 12.8 Å². The first kappa shape index (κ1) is 11.1. The Labute approximate surface area is 91.8 Å². The van der Waals surface area contributed by atoms with Gasteiger partial charge in [0.25, 0.3) is 0 Å². The minimum Gasteiger partial charge on any atom is -0.372 e. The van der Waals surface area contributed by atoms with Gasteiger partial charge in [0, 0.05) is 25.0 Å². The molecule has 0 N–H and O–H groups in total. The molecule has 0 radical (unpaired) electrons. The van der Waals surface area contributed by atoms with E-state index in [4.69, 9.17) is 4.74 Å². The minimum absolute atomic E-state index is 0.170.